The zero-order valence-electron chi connectivity index (χ0n) is 16.3. The van der Waals surface area contributed by atoms with Crippen LogP contribution < -0.4 is 10.1 Å². The molecule has 0 aromatic heterocycles. The second-order valence-electron chi connectivity index (χ2n) is 6.45. The van der Waals surface area contributed by atoms with Gasteiger partial charge in [-0.2, -0.15) is 8.78 Å². The number of amides is 1. The Hall–Kier alpha value is -3.31. The van der Waals surface area contributed by atoms with Crippen molar-refractivity contribution < 1.29 is 35.1 Å². The van der Waals surface area contributed by atoms with E-state index in [4.69, 9.17) is 4.74 Å². The van der Waals surface area contributed by atoms with Gasteiger partial charge in [0.2, 0.25) is 19.7 Å². The number of benzene rings is 3. The lowest BCUT2D eigenvalue weighted by atomic mass is 10.3. The first kappa shape index (κ1) is 23.4. The number of nitrogens with one attached hydrogen (secondary N) is 1. The van der Waals surface area contributed by atoms with Crippen LogP contribution in [0.15, 0.2) is 93.5 Å². The van der Waals surface area contributed by atoms with E-state index in [1.807, 2.05) is 0 Å². The predicted octanol–water partition coefficient (Wildman–Crippen LogP) is 3.53. The van der Waals surface area contributed by atoms with Crippen molar-refractivity contribution in [1.82, 2.24) is 0 Å². The summed E-state index contributed by atoms with van der Waals surface area (Å²) in [5.74, 6) is -3.87. The van der Waals surface area contributed by atoms with Crippen LogP contribution >= 0.6 is 0 Å². The fourth-order valence-corrected chi connectivity index (χ4v) is 4.63. The van der Waals surface area contributed by atoms with Gasteiger partial charge in [-0.1, -0.05) is 18.2 Å². The predicted molar refractivity (Wildman–Crippen MR) is 112 cm³/mol. The molecule has 0 spiro atoms. The molecule has 0 aliphatic carbocycles. The molecule has 0 bridgehead atoms. The first-order chi connectivity index (χ1) is 15.1. The van der Waals surface area contributed by atoms with Crippen molar-refractivity contribution in [3.63, 3.8) is 0 Å². The van der Waals surface area contributed by atoms with Crippen molar-refractivity contribution in [2.75, 3.05) is 11.9 Å². The van der Waals surface area contributed by atoms with Crippen LogP contribution in [0.1, 0.15) is 0 Å². The van der Waals surface area contributed by atoms with Crippen molar-refractivity contribution >= 4 is 31.3 Å². The van der Waals surface area contributed by atoms with E-state index < -0.39 is 42.8 Å². The summed E-state index contributed by atoms with van der Waals surface area (Å²) < 4.78 is 78.3. The third-order valence-electron chi connectivity index (χ3n) is 4.26. The number of hydrogen-bond acceptors (Lipinski definition) is 6. The highest BCUT2D eigenvalue weighted by Gasteiger charge is 2.26. The molecular formula is C21H17F2NO6S2. The van der Waals surface area contributed by atoms with Crippen LogP contribution in [-0.2, 0) is 24.5 Å². The Kier molecular flexibility index (Phi) is 6.90. The Morgan fingerprint density at radius 2 is 1.31 bits per heavy atom. The zero-order valence-corrected chi connectivity index (χ0v) is 17.9. The van der Waals surface area contributed by atoms with E-state index in [9.17, 15) is 30.4 Å². The number of carbonyl (C=O) groups excluding carboxylic acids is 1. The highest BCUT2D eigenvalue weighted by atomic mass is 32.2. The lowest BCUT2D eigenvalue weighted by molar-refractivity contribution is -0.118. The standard InChI is InChI=1S/C21H17F2NO6S2/c22-21(23)32(28,29)19-10-6-15(7-11-19)24-20(25)14-30-16-8-12-18(13-9-16)31(26,27)17-4-2-1-3-5-17/h1-13,21H,14H2,(H,24,25). The summed E-state index contributed by atoms with van der Waals surface area (Å²) >= 11 is 0. The summed E-state index contributed by atoms with van der Waals surface area (Å²) in [5.41, 5.74) is 0.191. The second-order valence-corrected chi connectivity index (χ2v) is 10.3. The molecule has 168 valence electrons. The fraction of sp³-hybridized carbons (Fsp3) is 0.0952. The third-order valence-corrected chi connectivity index (χ3v) is 7.44. The van der Waals surface area contributed by atoms with Crippen LogP contribution in [0.3, 0.4) is 0 Å². The molecule has 0 aliphatic rings. The summed E-state index contributed by atoms with van der Waals surface area (Å²) in [7, 11) is -8.39. The summed E-state index contributed by atoms with van der Waals surface area (Å²) in [6, 6.07) is 17.7. The molecule has 3 rings (SSSR count). The van der Waals surface area contributed by atoms with E-state index in [-0.39, 0.29) is 21.2 Å². The summed E-state index contributed by atoms with van der Waals surface area (Å²) in [5, 5.41) is 2.44. The zero-order chi connectivity index (χ0) is 23.4. The number of ether oxygens (including phenoxy) is 1. The smallest absolute Gasteiger partial charge is 0.341 e. The normalized spacial score (nSPS) is 11.8. The fourth-order valence-electron chi connectivity index (χ4n) is 2.63. The maximum Gasteiger partial charge on any atom is 0.341 e. The van der Waals surface area contributed by atoms with Crippen molar-refractivity contribution in [3.05, 3.63) is 78.9 Å². The molecule has 3 aromatic rings. The van der Waals surface area contributed by atoms with E-state index in [0.717, 1.165) is 12.1 Å². The summed E-state index contributed by atoms with van der Waals surface area (Å²) in [4.78, 5) is 11.7. The Balaban J connectivity index is 1.59. The Morgan fingerprint density at radius 1 is 0.781 bits per heavy atom. The minimum atomic E-state index is -4.71. The van der Waals surface area contributed by atoms with Gasteiger partial charge in [0.25, 0.3) is 5.91 Å². The van der Waals surface area contributed by atoms with Crippen molar-refractivity contribution in [2.45, 2.75) is 20.4 Å². The van der Waals surface area contributed by atoms with Gasteiger partial charge >= 0.3 is 5.76 Å². The van der Waals surface area contributed by atoms with Crippen molar-refractivity contribution in [2.24, 2.45) is 0 Å². The van der Waals surface area contributed by atoms with Crippen LogP contribution in [0.2, 0.25) is 0 Å². The molecule has 0 fully saturated rings. The van der Waals surface area contributed by atoms with Crippen LogP contribution in [0.5, 0.6) is 5.75 Å². The number of rotatable bonds is 8. The van der Waals surface area contributed by atoms with Crippen molar-refractivity contribution in [3.8, 4) is 5.75 Å². The van der Waals surface area contributed by atoms with Gasteiger partial charge < -0.3 is 10.1 Å². The average molecular weight is 481 g/mol. The van der Waals surface area contributed by atoms with Crippen LogP contribution in [0.4, 0.5) is 14.5 Å². The number of alkyl halides is 2. The molecule has 1 N–H and O–H groups in total. The number of hydrogen-bond donors (Lipinski definition) is 1. The number of carbonyl (C=O) groups is 1. The van der Waals surface area contributed by atoms with Crippen LogP contribution in [0.25, 0.3) is 0 Å². The largest absolute Gasteiger partial charge is 0.484 e. The highest BCUT2D eigenvalue weighted by molar-refractivity contribution is 7.92. The maximum absolute atomic E-state index is 12.6. The van der Waals surface area contributed by atoms with E-state index in [1.54, 1.807) is 18.2 Å². The maximum atomic E-state index is 12.6. The number of halogens is 2. The first-order valence-corrected chi connectivity index (χ1v) is 12.1. The van der Waals surface area contributed by atoms with E-state index >= 15 is 0 Å². The van der Waals surface area contributed by atoms with Gasteiger partial charge in [-0.3, -0.25) is 4.79 Å². The molecule has 11 heteroatoms. The molecule has 3 aromatic carbocycles. The van der Waals surface area contributed by atoms with Crippen LogP contribution in [0, 0.1) is 0 Å². The molecule has 0 unspecified atom stereocenters. The Bertz CT molecular complexity index is 1290. The van der Waals surface area contributed by atoms with Gasteiger partial charge in [0.15, 0.2) is 6.61 Å². The molecule has 1 amide bonds. The quantitative estimate of drug-likeness (QED) is 0.528. The van der Waals surface area contributed by atoms with Gasteiger partial charge in [0.05, 0.1) is 14.7 Å². The summed E-state index contributed by atoms with van der Waals surface area (Å²) in [6.07, 6.45) is 0. The lowest BCUT2D eigenvalue weighted by Gasteiger charge is -2.09. The molecule has 0 aliphatic heterocycles. The molecule has 0 radical (unpaired) electrons. The van der Waals surface area contributed by atoms with Gasteiger partial charge in [-0.15, -0.1) is 0 Å². The molecule has 0 saturated carbocycles. The molecule has 32 heavy (non-hydrogen) atoms. The van der Waals surface area contributed by atoms with Gasteiger partial charge in [-0.25, -0.2) is 16.8 Å². The minimum absolute atomic E-state index is 0.0688. The molecule has 0 heterocycles. The Morgan fingerprint density at radius 3 is 1.88 bits per heavy atom. The van der Waals surface area contributed by atoms with E-state index in [0.29, 0.717) is 0 Å². The number of sulfone groups is 2. The van der Waals surface area contributed by atoms with Gasteiger partial charge in [0, 0.05) is 5.69 Å². The second kappa shape index (κ2) is 9.45. The SMILES string of the molecule is O=C(COc1ccc(S(=O)(=O)c2ccccc2)cc1)Nc1ccc(S(=O)(=O)C(F)F)cc1. The molecule has 0 saturated heterocycles. The highest BCUT2D eigenvalue weighted by Crippen LogP contribution is 2.23. The third kappa shape index (κ3) is 5.29. The van der Waals surface area contributed by atoms with E-state index in [2.05, 4.69) is 5.32 Å². The van der Waals surface area contributed by atoms with Crippen molar-refractivity contribution in [1.29, 1.82) is 0 Å². The molecular weight excluding hydrogens is 464 g/mol. The van der Waals surface area contributed by atoms with Gasteiger partial charge in [-0.05, 0) is 60.7 Å². The lowest BCUT2D eigenvalue weighted by Crippen LogP contribution is -2.20. The summed E-state index contributed by atoms with van der Waals surface area (Å²) in [6.45, 7) is -0.415. The minimum Gasteiger partial charge on any atom is -0.484 e. The van der Waals surface area contributed by atoms with Crippen LogP contribution in [-0.4, -0.2) is 35.1 Å². The van der Waals surface area contributed by atoms with Gasteiger partial charge in [0.1, 0.15) is 5.75 Å². The topological polar surface area (TPSA) is 107 Å². The van der Waals surface area contributed by atoms with E-state index in [1.165, 1.54) is 48.5 Å². The first-order valence-electron chi connectivity index (χ1n) is 9.06. The average Bonchev–Trinajstić information content (AvgIpc) is 2.79. The number of anilines is 1. The molecule has 0 atom stereocenters. The Labute approximate surface area is 183 Å². The molecule has 7 nitrogen and oxygen atoms in total. The monoisotopic (exact) mass is 481 g/mol.